The standard InChI is InChI=1S/C24H33NO4SSi/c1-24(2,3)31(19-11-7-5-8-12-19,20-13-9-6-10-14-20)29-23-16-18-15-21(23)22(25-18)17-28-30(4,26)27/h5-14,18,21-23,25H,15-17H2,1-4H3/t18-,21-,22+,23+/m0/s1. The normalized spacial score (nSPS) is 26.3. The second-order valence-corrected chi connectivity index (χ2v) is 15.8. The number of rotatable bonds is 7. The van der Waals surface area contributed by atoms with E-state index in [1.807, 2.05) is 0 Å². The van der Waals surface area contributed by atoms with Crippen LogP contribution in [0.3, 0.4) is 0 Å². The summed E-state index contributed by atoms with van der Waals surface area (Å²) in [6.45, 7) is 7.03. The Morgan fingerprint density at radius 3 is 1.97 bits per heavy atom. The lowest BCUT2D eigenvalue weighted by Crippen LogP contribution is -2.68. The Bertz CT molecular complexity index is 952. The highest BCUT2D eigenvalue weighted by Crippen LogP contribution is 2.44. The van der Waals surface area contributed by atoms with E-state index >= 15 is 0 Å². The maximum Gasteiger partial charge on any atom is 0.264 e. The van der Waals surface area contributed by atoms with Crippen LogP contribution in [0, 0.1) is 5.92 Å². The van der Waals surface area contributed by atoms with Gasteiger partial charge in [-0.25, -0.2) is 0 Å². The molecule has 4 rings (SSSR count). The summed E-state index contributed by atoms with van der Waals surface area (Å²) in [6, 6.07) is 21.7. The first-order valence-electron chi connectivity index (χ1n) is 11.0. The average Bonchev–Trinajstić information content (AvgIpc) is 3.30. The topological polar surface area (TPSA) is 64.6 Å². The molecule has 0 spiro atoms. The van der Waals surface area contributed by atoms with Crippen LogP contribution in [0.25, 0.3) is 0 Å². The molecule has 1 heterocycles. The van der Waals surface area contributed by atoms with E-state index in [0.29, 0.717) is 6.04 Å². The molecule has 31 heavy (non-hydrogen) atoms. The Morgan fingerprint density at radius 1 is 0.968 bits per heavy atom. The summed E-state index contributed by atoms with van der Waals surface area (Å²) >= 11 is 0. The molecule has 1 aliphatic carbocycles. The number of hydrogen-bond donors (Lipinski definition) is 1. The van der Waals surface area contributed by atoms with Gasteiger partial charge in [0.05, 0.1) is 19.0 Å². The van der Waals surface area contributed by atoms with Crippen molar-refractivity contribution in [1.82, 2.24) is 5.32 Å². The first-order valence-corrected chi connectivity index (χ1v) is 14.7. The molecule has 4 atom stereocenters. The summed E-state index contributed by atoms with van der Waals surface area (Å²) in [5.74, 6) is 0.244. The van der Waals surface area contributed by atoms with E-state index in [4.69, 9.17) is 8.61 Å². The minimum atomic E-state index is -3.46. The predicted molar refractivity (Wildman–Crippen MR) is 127 cm³/mol. The maximum absolute atomic E-state index is 11.5. The third-order valence-corrected chi connectivity index (χ3v) is 12.3. The van der Waals surface area contributed by atoms with Crippen LogP contribution in [0.5, 0.6) is 0 Å². The van der Waals surface area contributed by atoms with E-state index in [9.17, 15) is 8.42 Å². The number of fused-ring (bicyclic) bond motifs is 2. The van der Waals surface area contributed by atoms with Gasteiger partial charge in [-0.1, -0.05) is 81.4 Å². The smallest absolute Gasteiger partial charge is 0.264 e. The van der Waals surface area contributed by atoms with Crippen LogP contribution >= 0.6 is 0 Å². The second-order valence-electron chi connectivity index (χ2n) is 9.91. The second kappa shape index (κ2) is 8.44. The molecule has 2 aromatic rings. The van der Waals surface area contributed by atoms with Crippen molar-refractivity contribution < 1.29 is 17.0 Å². The van der Waals surface area contributed by atoms with Crippen LogP contribution < -0.4 is 15.7 Å². The van der Waals surface area contributed by atoms with Crippen LogP contribution in [0.4, 0.5) is 0 Å². The molecule has 0 amide bonds. The SMILES string of the molecule is CC(C)(C)[Si](O[C@@H]1C[C@@H]2C[C@H]1[C@@H](COS(C)(=O)=O)N2)(c1ccccc1)c1ccccc1. The van der Waals surface area contributed by atoms with E-state index in [-0.39, 0.29) is 29.7 Å². The Balaban J connectivity index is 1.71. The van der Waals surface area contributed by atoms with Gasteiger partial charge in [-0.2, -0.15) is 8.42 Å². The molecule has 1 N–H and O–H groups in total. The van der Waals surface area contributed by atoms with E-state index in [1.165, 1.54) is 10.4 Å². The lowest BCUT2D eigenvalue weighted by atomic mass is 9.98. The third-order valence-electron chi connectivity index (χ3n) is 6.72. The van der Waals surface area contributed by atoms with Crippen LogP contribution in [0.1, 0.15) is 33.6 Å². The van der Waals surface area contributed by atoms with Gasteiger partial charge in [-0.15, -0.1) is 0 Å². The summed E-state index contributed by atoms with van der Waals surface area (Å²) in [5.41, 5.74) is 0. The zero-order valence-electron chi connectivity index (χ0n) is 18.7. The van der Waals surface area contributed by atoms with Crippen molar-refractivity contribution in [3.63, 3.8) is 0 Å². The lowest BCUT2D eigenvalue weighted by molar-refractivity contribution is 0.0939. The zero-order chi connectivity index (χ0) is 22.3. The zero-order valence-corrected chi connectivity index (χ0v) is 20.6. The Morgan fingerprint density at radius 2 is 1.52 bits per heavy atom. The summed E-state index contributed by atoms with van der Waals surface area (Å²) in [4.78, 5) is 0. The molecule has 0 unspecified atom stereocenters. The fourth-order valence-corrected chi connectivity index (χ4v) is 10.6. The summed E-state index contributed by atoms with van der Waals surface area (Å²) in [6.07, 6.45) is 3.13. The van der Waals surface area contributed by atoms with Crippen LogP contribution in [0.2, 0.25) is 5.04 Å². The number of piperidine rings is 1. The monoisotopic (exact) mass is 459 g/mol. The van der Waals surface area contributed by atoms with Gasteiger partial charge in [0.1, 0.15) is 0 Å². The van der Waals surface area contributed by atoms with Gasteiger partial charge in [0.2, 0.25) is 0 Å². The molecular formula is C24H33NO4SSi. The van der Waals surface area contributed by atoms with Gasteiger partial charge < -0.3 is 9.74 Å². The molecule has 0 radical (unpaired) electrons. The van der Waals surface area contributed by atoms with Crippen molar-refractivity contribution in [1.29, 1.82) is 0 Å². The molecule has 2 aliphatic rings. The van der Waals surface area contributed by atoms with Gasteiger partial charge in [-0.3, -0.25) is 4.18 Å². The molecule has 1 saturated heterocycles. The van der Waals surface area contributed by atoms with Crippen molar-refractivity contribution in [3.8, 4) is 0 Å². The molecule has 0 aromatic heterocycles. The molecule has 2 bridgehead atoms. The van der Waals surface area contributed by atoms with Gasteiger partial charge in [0.15, 0.2) is 0 Å². The minimum Gasteiger partial charge on any atom is -0.404 e. The maximum atomic E-state index is 11.5. The van der Waals surface area contributed by atoms with E-state index in [0.717, 1.165) is 19.1 Å². The highest BCUT2D eigenvalue weighted by Gasteiger charge is 2.55. The first-order chi connectivity index (χ1) is 14.6. The van der Waals surface area contributed by atoms with E-state index in [1.54, 1.807) is 0 Å². The third kappa shape index (κ3) is 4.52. The number of nitrogens with one attached hydrogen (secondary N) is 1. The van der Waals surface area contributed by atoms with Gasteiger partial charge >= 0.3 is 0 Å². The number of hydrogen-bond acceptors (Lipinski definition) is 5. The number of benzene rings is 2. The van der Waals surface area contributed by atoms with Gasteiger partial charge in [0, 0.05) is 18.0 Å². The van der Waals surface area contributed by atoms with E-state index < -0.39 is 18.4 Å². The Kier molecular flexibility index (Phi) is 6.18. The summed E-state index contributed by atoms with van der Waals surface area (Å²) in [5, 5.41) is 6.01. The van der Waals surface area contributed by atoms with Crippen molar-refractivity contribution in [2.75, 3.05) is 12.9 Å². The molecule has 5 nitrogen and oxygen atoms in total. The van der Waals surface area contributed by atoms with Crippen LogP contribution in [0.15, 0.2) is 60.7 Å². The average molecular weight is 460 g/mol. The highest BCUT2D eigenvalue weighted by atomic mass is 32.2. The predicted octanol–water partition coefficient (Wildman–Crippen LogP) is 2.66. The molecule has 2 aromatic carbocycles. The van der Waals surface area contributed by atoms with Crippen molar-refractivity contribution >= 4 is 28.8 Å². The quantitative estimate of drug-likeness (QED) is 0.509. The fourth-order valence-electron chi connectivity index (χ4n) is 5.44. The Labute approximate surface area is 187 Å². The molecular weight excluding hydrogens is 426 g/mol. The molecule has 1 aliphatic heterocycles. The van der Waals surface area contributed by atoms with Crippen molar-refractivity contribution in [2.24, 2.45) is 5.92 Å². The minimum absolute atomic E-state index is 0.00306. The largest absolute Gasteiger partial charge is 0.404 e. The van der Waals surface area contributed by atoms with Crippen LogP contribution in [-0.4, -0.2) is 47.8 Å². The van der Waals surface area contributed by atoms with Gasteiger partial charge in [0.25, 0.3) is 18.4 Å². The fraction of sp³-hybridized carbons (Fsp3) is 0.500. The Hall–Kier alpha value is -1.51. The molecule has 2 fully saturated rings. The van der Waals surface area contributed by atoms with Crippen molar-refractivity contribution in [3.05, 3.63) is 60.7 Å². The van der Waals surface area contributed by atoms with Crippen LogP contribution in [-0.2, 0) is 18.7 Å². The first kappa shape index (κ1) is 22.7. The summed E-state index contributed by atoms with van der Waals surface area (Å²) < 4.78 is 35.5. The summed E-state index contributed by atoms with van der Waals surface area (Å²) in [7, 11) is -6.09. The van der Waals surface area contributed by atoms with Gasteiger partial charge in [-0.05, 0) is 28.3 Å². The van der Waals surface area contributed by atoms with Crippen molar-refractivity contribution in [2.45, 2.75) is 56.8 Å². The molecule has 1 saturated carbocycles. The lowest BCUT2D eigenvalue weighted by Gasteiger charge is -2.46. The molecule has 168 valence electrons. The highest BCUT2D eigenvalue weighted by molar-refractivity contribution is 7.85. The molecule has 7 heteroatoms. The van der Waals surface area contributed by atoms with E-state index in [2.05, 4.69) is 86.8 Å².